The molecule has 3 rings (SSSR count). The fourth-order valence-corrected chi connectivity index (χ4v) is 3.82. The molecule has 0 saturated carbocycles. The predicted octanol–water partition coefficient (Wildman–Crippen LogP) is 4.35. The van der Waals surface area contributed by atoms with E-state index in [-0.39, 0.29) is 11.9 Å². The Morgan fingerprint density at radius 2 is 1.59 bits per heavy atom. The smallest absolute Gasteiger partial charge is 0.313 e. The van der Waals surface area contributed by atoms with Crippen LogP contribution in [0.3, 0.4) is 0 Å². The summed E-state index contributed by atoms with van der Waals surface area (Å²) in [5.74, 6) is 0.278. The van der Waals surface area contributed by atoms with Gasteiger partial charge in [-0.2, -0.15) is 0 Å². The molecule has 1 aliphatic heterocycles. The molecule has 156 valence electrons. The van der Waals surface area contributed by atoms with Gasteiger partial charge in [0.15, 0.2) is 0 Å². The number of hydrogen-bond donors (Lipinski definition) is 0. The highest BCUT2D eigenvalue weighted by molar-refractivity contribution is 5.77. The molecule has 1 heterocycles. The van der Waals surface area contributed by atoms with Gasteiger partial charge in [-0.1, -0.05) is 56.3 Å². The summed E-state index contributed by atoms with van der Waals surface area (Å²) in [4.78, 5) is 17.2. The Hall–Kier alpha value is -2.33. The van der Waals surface area contributed by atoms with E-state index in [0.29, 0.717) is 12.5 Å². The van der Waals surface area contributed by atoms with Gasteiger partial charge in [0, 0.05) is 38.4 Å². The quantitative estimate of drug-likeness (QED) is 0.623. The van der Waals surface area contributed by atoms with Crippen molar-refractivity contribution in [3.63, 3.8) is 0 Å². The molecule has 4 heteroatoms. The number of esters is 1. The summed E-state index contributed by atoms with van der Waals surface area (Å²) in [5.41, 5.74) is 3.63. The Kier molecular flexibility index (Phi) is 7.70. The van der Waals surface area contributed by atoms with Crippen molar-refractivity contribution < 1.29 is 9.53 Å². The molecule has 2 aromatic rings. The zero-order valence-electron chi connectivity index (χ0n) is 18.0. The number of rotatable bonds is 8. The van der Waals surface area contributed by atoms with Gasteiger partial charge in [-0.05, 0) is 42.5 Å². The van der Waals surface area contributed by atoms with Crippen molar-refractivity contribution in [3.8, 4) is 0 Å². The third kappa shape index (κ3) is 6.33. The molecule has 0 spiro atoms. The van der Waals surface area contributed by atoms with E-state index in [4.69, 9.17) is 4.74 Å². The highest BCUT2D eigenvalue weighted by Gasteiger charge is 2.19. The van der Waals surface area contributed by atoms with Crippen molar-refractivity contribution in [2.45, 2.75) is 33.1 Å². The van der Waals surface area contributed by atoms with E-state index in [1.54, 1.807) is 0 Å². The highest BCUT2D eigenvalue weighted by atomic mass is 16.5. The lowest BCUT2D eigenvalue weighted by molar-refractivity contribution is -0.145. The SMILES string of the molecule is CC(C)Cc1ccc(C(C)C(=O)OCCN2CCN(c3ccccc3)CC2)cc1. The van der Waals surface area contributed by atoms with Gasteiger partial charge < -0.3 is 9.64 Å². The molecule has 1 unspecified atom stereocenters. The van der Waals surface area contributed by atoms with Crippen molar-refractivity contribution in [1.29, 1.82) is 0 Å². The Balaban J connectivity index is 1.38. The zero-order valence-corrected chi connectivity index (χ0v) is 18.0. The first-order chi connectivity index (χ1) is 14.0. The second-order valence-electron chi connectivity index (χ2n) is 8.39. The molecule has 0 aliphatic carbocycles. The average Bonchev–Trinajstić information content (AvgIpc) is 2.74. The van der Waals surface area contributed by atoms with E-state index in [2.05, 4.69) is 78.2 Å². The van der Waals surface area contributed by atoms with Crippen molar-refractivity contribution in [1.82, 2.24) is 4.90 Å². The first-order valence-corrected chi connectivity index (χ1v) is 10.8. The second kappa shape index (κ2) is 10.4. The third-order valence-electron chi connectivity index (χ3n) is 5.62. The van der Waals surface area contributed by atoms with Crippen LogP contribution in [0, 0.1) is 5.92 Å². The van der Waals surface area contributed by atoms with Crippen LogP contribution in [-0.4, -0.2) is 50.2 Å². The predicted molar refractivity (Wildman–Crippen MR) is 119 cm³/mol. The monoisotopic (exact) mass is 394 g/mol. The number of piperazine rings is 1. The lowest BCUT2D eigenvalue weighted by Gasteiger charge is -2.36. The first-order valence-electron chi connectivity index (χ1n) is 10.8. The fourth-order valence-electron chi connectivity index (χ4n) is 3.82. The number of para-hydroxylation sites is 1. The van der Waals surface area contributed by atoms with Crippen LogP contribution in [0.25, 0.3) is 0 Å². The maximum atomic E-state index is 12.4. The lowest BCUT2D eigenvalue weighted by atomic mass is 9.97. The van der Waals surface area contributed by atoms with Crippen LogP contribution in [0.4, 0.5) is 5.69 Å². The molecular weight excluding hydrogens is 360 g/mol. The minimum absolute atomic E-state index is 0.135. The average molecular weight is 395 g/mol. The Bertz CT molecular complexity index is 750. The van der Waals surface area contributed by atoms with Gasteiger partial charge in [-0.15, -0.1) is 0 Å². The molecule has 0 N–H and O–H groups in total. The summed E-state index contributed by atoms with van der Waals surface area (Å²) >= 11 is 0. The van der Waals surface area contributed by atoms with Crippen LogP contribution < -0.4 is 4.90 Å². The van der Waals surface area contributed by atoms with Gasteiger partial charge in [0.05, 0.1) is 5.92 Å². The summed E-state index contributed by atoms with van der Waals surface area (Å²) in [6, 6.07) is 18.9. The van der Waals surface area contributed by atoms with Crippen LogP contribution in [0.2, 0.25) is 0 Å². The van der Waals surface area contributed by atoms with Gasteiger partial charge in [0.2, 0.25) is 0 Å². The van der Waals surface area contributed by atoms with Gasteiger partial charge in [-0.25, -0.2) is 0 Å². The molecule has 0 radical (unpaired) electrons. The van der Waals surface area contributed by atoms with Gasteiger partial charge in [0.1, 0.15) is 6.61 Å². The van der Waals surface area contributed by atoms with Gasteiger partial charge in [-0.3, -0.25) is 9.69 Å². The summed E-state index contributed by atoms with van der Waals surface area (Å²) in [6.45, 7) is 11.6. The van der Waals surface area contributed by atoms with Crippen molar-refractivity contribution in [3.05, 3.63) is 65.7 Å². The Labute approximate surface area is 175 Å². The van der Waals surface area contributed by atoms with E-state index in [9.17, 15) is 4.79 Å². The molecule has 4 nitrogen and oxygen atoms in total. The normalized spacial score (nSPS) is 16.1. The molecule has 1 atom stereocenters. The summed E-state index contributed by atoms with van der Waals surface area (Å²) in [7, 11) is 0. The van der Waals surface area contributed by atoms with Crippen molar-refractivity contribution in [2.75, 3.05) is 44.2 Å². The zero-order chi connectivity index (χ0) is 20.6. The number of ether oxygens (including phenoxy) is 1. The largest absolute Gasteiger partial charge is 0.464 e. The lowest BCUT2D eigenvalue weighted by Crippen LogP contribution is -2.47. The summed E-state index contributed by atoms with van der Waals surface area (Å²) < 4.78 is 5.57. The van der Waals surface area contributed by atoms with Crippen LogP contribution in [-0.2, 0) is 16.0 Å². The second-order valence-corrected chi connectivity index (χ2v) is 8.39. The van der Waals surface area contributed by atoms with Crippen molar-refractivity contribution in [2.24, 2.45) is 5.92 Å². The van der Waals surface area contributed by atoms with Gasteiger partial charge in [0.25, 0.3) is 0 Å². The molecule has 0 bridgehead atoms. The number of nitrogens with zero attached hydrogens (tertiary/aromatic N) is 2. The molecule has 29 heavy (non-hydrogen) atoms. The number of carbonyl (C=O) groups is 1. The summed E-state index contributed by atoms with van der Waals surface area (Å²) in [5, 5.41) is 0. The molecule has 2 aromatic carbocycles. The first kappa shape index (κ1) is 21.4. The maximum Gasteiger partial charge on any atom is 0.313 e. The minimum Gasteiger partial charge on any atom is -0.464 e. The molecule has 0 aromatic heterocycles. The molecule has 0 amide bonds. The molecule has 1 fully saturated rings. The fraction of sp³-hybridized carbons (Fsp3) is 0.480. The van der Waals surface area contributed by atoms with E-state index in [1.165, 1.54) is 11.3 Å². The van der Waals surface area contributed by atoms with E-state index < -0.39 is 0 Å². The van der Waals surface area contributed by atoms with E-state index in [0.717, 1.165) is 44.7 Å². The van der Waals surface area contributed by atoms with Crippen LogP contribution in [0.15, 0.2) is 54.6 Å². The standard InChI is InChI=1S/C25H34N2O2/c1-20(2)19-22-9-11-23(12-10-22)21(3)25(28)29-18-17-26-13-15-27(16-14-26)24-7-5-4-6-8-24/h4-12,20-21H,13-19H2,1-3H3. The Morgan fingerprint density at radius 1 is 0.931 bits per heavy atom. The highest BCUT2D eigenvalue weighted by Crippen LogP contribution is 2.19. The third-order valence-corrected chi connectivity index (χ3v) is 5.62. The van der Waals surface area contributed by atoms with Crippen LogP contribution in [0.5, 0.6) is 0 Å². The van der Waals surface area contributed by atoms with Crippen LogP contribution >= 0.6 is 0 Å². The minimum atomic E-state index is -0.224. The number of hydrogen-bond acceptors (Lipinski definition) is 4. The molecule has 1 aliphatic rings. The van der Waals surface area contributed by atoms with E-state index >= 15 is 0 Å². The topological polar surface area (TPSA) is 32.8 Å². The van der Waals surface area contributed by atoms with Crippen LogP contribution in [0.1, 0.15) is 37.8 Å². The Morgan fingerprint density at radius 3 is 2.21 bits per heavy atom. The number of benzene rings is 2. The summed E-state index contributed by atoms with van der Waals surface area (Å²) in [6.07, 6.45) is 1.07. The maximum absolute atomic E-state index is 12.4. The van der Waals surface area contributed by atoms with Gasteiger partial charge >= 0.3 is 5.97 Å². The number of anilines is 1. The van der Waals surface area contributed by atoms with E-state index in [1.807, 2.05) is 6.92 Å². The molecule has 1 saturated heterocycles. The molecular formula is C25H34N2O2. The van der Waals surface area contributed by atoms with Crippen molar-refractivity contribution >= 4 is 11.7 Å². The number of carbonyl (C=O) groups excluding carboxylic acids is 1.